The molecule has 1 N–H and O–H groups in total. The number of carbonyl (C=O) groups is 1. The third-order valence-electron chi connectivity index (χ3n) is 4.24. The van der Waals surface area contributed by atoms with Crippen molar-refractivity contribution in [1.29, 1.82) is 0 Å². The molecule has 8 heteroatoms. The van der Waals surface area contributed by atoms with Gasteiger partial charge in [-0.05, 0) is 48.0 Å². The SMILES string of the molecule is CN(Cc1ccccc1)S(=O)(=O)c1ccc(F)c(C(=O)Nc2ccc(Cl)cc2)c1. The van der Waals surface area contributed by atoms with Crippen LogP contribution in [-0.4, -0.2) is 25.7 Å². The fraction of sp³-hybridized carbons (Fsp3) is 0.0952. The van der Waals surface area contributed by atoms with Crippen molar-refractivity contribution in [2.24, 2.45) is 0 Å². The summed E-state index contributed by atoms with van der Waals surface area (Å²) in [7, 11) is -2.49. The van der Waals surface area contributed by atoms with Crippen molar-refractivity contribution in [2.75, 3.05) is 12.4 Å². The Morgan fingerprint density at radius 1 is 1.03 bits per heavy atom. The molecule has 3 aromatic rings. The first kappa shape index (κ1) is 21.0. The molecule has 150 valence electrons. The minimum absolute atomic E-state index is 0.146. The van der Waals surface area contributed by atoms with Gasteiger partial charge >= 0.3 is 0 Å². The van der Waals surface area contributed by atoms with Gasteiger partial charge in [0.15, 0.2) is 0 Å². The molecular formula is C21H18ClFN2O3S. The molecule has 0 unspecified atom stereocenters. The molecule has 3 rings (SSSR count). The van der Waals surface area contributed by atoms with Gasteiger partial charge < -0.3 is 5.32 Å². The van der Waals surface area contributed by atoms with E-state index in [0.717, 1.165) is 28.1 Å². The van der Waals surface area contributed by atoms with Crippen LogP contribution in [0.2, 0.25) is 5.02 Å². The summed E-state index contributed by atoms with van der Waals surface area (Å²) in [4.78, 5) is 12.3. The molecule has 0 aromatic heterocycles. The van der Waals surface area contributed by atoms with E-state index in [-0.39, 0.29) is 17.0 Å². The van der Waals surface area contributed by atoms with Crippen LogP contribution in [0.5, 0.6) is 0 Å². The van der Waals surface area contributed by atoms with Gasteiger partial charge in [0.1, 0.15) is 5.82 Å². The van der Waals surface area contributed by atoms with Gasteiger partial charge in [-0.3, -0.25) is 4.79 Å². The third-order valence-corrected chi connectivity index (χ3v) is 6.29. The molecular weight excluding hydrogens is 415 g/mol. The number of nitrogens with zero attached hydrogens (tertiary/aromatic N) is 1. The van der Waals surface area contributed by atoms with Gasteiger partial charge in [-0.1, -0.05) is 41.9 Å². The average Bonchev–Trinajstić information content (AvgIpc) is 2.70. The lowest BCUT2D eigenvalue weighted by molar-refractivity contribution is 0.102. The van der Waals surface area contributed by atoms with Crippen molar-refractivity contribution < 1.29 is 17.6 Å². The molecule has 29 heavy (non-hydrogen) atoms. The van der Waals surface area contributed by atoms with Gasteiger partial charge in [0.25, 0.3) is 5.91 Å². The van der Waals surface area contributed by atoms with Crippen LogP contribution >= 0.6 is 11.6 Å². The van der Waals surface area contributed by atoms with E-state index in [4.69, 9.17) is 11.6 Å². The predicted molar refractivity (Wildman–Crippen MR) is 111 cm³/mol. The summed E-state index contributed by atoms with van der Waals surface area (Å²) >= 11 is 5.80. The van der Waals surface area contributed by atoms with Crippen molar-refractivity contribution in [1.82, 2.24) is 4.31 Å². The lowest BCUT2D eigenvalue weighted by Crippen LogP contribution is -2.27. The molecule has 0 saturated heterocycles. The highest BCUT2D eigenvalue weighted by molar-refractivity contribution is 7.89. The number of benzene rings is 3. The third kappa shape index (κ3) is 5.00. The largest absolute Gasteiger partial charge is 0.322 e. The number of hydrogen-bond acceptors (Lipinski definition) is 3. The lowest BCUT2D eigenvalue weighted by Gasteiger charge is -2.18. The van der Waals surface area contributed by atoms with Crippen LogP contribution in [0.3, 0.4) is 0 Å². The van der Waals surface area contributed by atoms with E-state index in [2.05, 4.69) is 5.32 Å². The highest BCUT2D eigenvalue weighted by atomic mass is 35.5. The molecule has 0 heterocycles. The van der Waals surface area contributed by atoms with E-state index >= 15 is 0 Å². The number of rotatable bonds is 6. The van der Waals surface area contributed by atoms with Crippen LogP contribution in [-0.2, 0) is 16.6 Å². The van der Waals surface area contributed by atoms with Crippen LogP contribution in [0.25, 0.3) is 0 Å². The zero-order valence-electron chi connectivity index (χ0n) is 15.5. The normalized spacial score (nSPS) is 11.4. The zero-order chi connectivity index (χ0) is 21.0. The van der Waals surface area contributed by atoms with E-state index in [0.29, 0.717) is 10.7 Å². The highest BCUT2D eigenvalue weighted by Gasteiger charge is 2.24. The molecule has 0 aliphatic carbocycles. The number of halogens is 2. The average molecular weight is 433 g/mol. The summed E-state index contributed by atoms with van der Waals surface area (Å²) in [5, 5.41) is 3.02. The molecule has 0 spiro atoms. The molecule has 0 bridgehead atoms. The second kappa shape index (κ2) is 8.73. The van der Waals surface area contributed by atoms with Crippen LogP contribution in [0.15, 0.2) is 77.7 Å². The van der Waals surface area contributed by atoms with E-state index in [1.54, 1.807) is 24.3 Å². The topological polar surface area (TPSA) is 66.5 Å². The van der Waals surface area contributed by atoms with Crippen molar-refractivity contribution in [3.8, 4) is 0 Å². The van der Waals surface area contributed by atoms with Gasteiger partial charge in [-0.2, -0.15) is 4.31 Å². The molecule has 1 amide bonds. The summed E-state index contributed by atoms with van der Waals surface area (Å²) < 4.78 is 41.1. The minimum Gasteiger partial charge on any atom is -0.322 e. The first-order valence-electron chi connectivity index (χ1n) is 8.64. The molecule has 0 aliphatic rings. The number of hydrogen-bond donors (Lipinski definition) is 1. The number of anilines is 1. The van der Waals surface area contributed by atoms with Crippen LogP contribution in [0.1, 0.15) is 15.9 Å². The quantitative estimate of drug-likeness (QED) is 0.621. The summed E-state index contributed by atoms with van der Waals surface area (Å²) in [5.74, 6) is -1.58. The van der Waals surface area contributed by atoms with Gasteiger partial charge in [0, 0.05) is 24.3 Å². The molecule has 3 aromatic carbocycles. The van der Waals surface area contributed by atoms with E-state index in [9.17, 15) is 17.6 Å². The fourth-order valence-corrected chi connectivity index (χ4v) is 3.99. The number of carbonyl (C=O) groups excluding carboxylic acids is 1. The highest BCUT2D eigenvalue weighted by Crippen LogP contribution is 2.21. The number of sulfonamides is 1. The van der Waals surface area contributed by atoms with Gasteiger partial charge in [0.2, 0.25) is 10.0 Å². The number of nitrogens with one attached hydrogen (secondary N) is 1. The fourth-order valence-electron chi connectivity index (χ4n) is 2.68. The molecule has 0 fully saturated rings. The smallest absolute Gasteiger partial charge is 0.258 e. The standard InChI is InChI=1S/C21H18ClFN2O3S/c1-25(14-15-5-3-2-4-6-15)29(27,28)18-11-12-20(23)19(13-18)21(26)24-17-9-7-16(22)8-10-17/h2-13H,14H2,1H3,(H,24,26). The Hall–Kier alpha value is -2.74. The predicted octanol–water partition coefficient (Wildman–Crippen LogP) is 4.55. The van der Waals surface area contributed by atoms with Crippen molar-refractivity contribution >= 4 is 33.2 Å². The summed E-state index contributed by atoms with van der Waals surface area (Å²) in [6.45, 7) is 0.146. The summed E-state index contributed by atoms with van der Waals surface area (Å²) in [6.07, 6.45) is 0. The lowest BCUT2D eigenvalue weighted by atomic mass is 10.2. The second-order valence-electron chi connectivity index (χ2n) is 6.35. The molecule has 0 atom stereocenters. The van der Waals surface area contributed by atoms with Crippen molar-refractivity contribution in [2.45, 2.75) is 11.4 Å². The molecule has 0 radical (unpaired) electrons. The van der Waals surface area contributed by atoms with Gasteiger partial charge in [-0.25, -0.2) is 12.8 Å². The Morgan fingerprint density at radius 3 is 2.34 bits per heavy atom. The Morgan fingerprint density at radius 2 is 1.69 bits per heavy atom. The summed E-state index contributed by atoms with van der Waals surface area (Å²) in [6, 6.07) is 18.5. The Balaban J connectivity index is 1.85. The Bertz CT molecular complexity index is 1120. The first-order valence-corrected chi connectivity index (χ1v) is 10.5. The minimum atomic E-state index is -3.92. The van der Waals surface area contributed by atoms with Crippen LogP contribution in [0, 0.1) is 5.82 Å². The van der Waals surface area contributed by atoms with Crippen LogP contribution in [0.4, 0.5) is 10.1 Å². The second-order valence-corrected chi connectivity index (χ2v) is 8.83. The summed E-state index contributed by atoms with van der Waals surface area (Å²) in [5.41, 5.74) is 0.851. The molecule has 0 saturated carbocycles. The van der Waals surface area contributed by atoms with E-state index in [1.807, 2.05) is 30.3 Å². The maximum absolute atomic E-state index is 14.2. The molecule has 0 aliphatic heterocycles. The van der Waals surface area contributed by atoms with E-state index in [1.165, 1.54) is 7.05 Å². The number of amides is 1. The monoisotopic (exact) mass is 432 g/mol. The maximum Gasteiger partial charge on any atom is 0.258 e. The van der Waals surface area contributed by atoms with Gasteiger partial charge in [0.05, 0.1) is 10.5 Å². The van der Waals surface area contributed by atoms with Gasteiger partial charge in [-0.15, -0.1) is 0 Å². The first-order chi connectivity index (χ1) is 13.8. The van der Waals surface area contributed by atoms with E-state index < -0.39 is 21.7 Å². The maximum atomic E-state index is 14.2. The Kier molecular flexibility index (Phi) is 6.32. The molecule has 5 nitrogen and oxygen atoms in total. The van der Waals surface area contributed by atoms with Crippen molar-refractivity contribution in [3.63, 3.8) is 0 Å². The zero-order valence-corrected chi connectivity index (χ0v) is 17.0. The van der Waals surface area contributed by atoms with Crippen molar-refractivity contribution in [3.05, 3.63) is 94.8 Å². The Labute approximate surface area is 173 Å². The van der Waals surface area contributed by atoms with Crippen LogP contribution < -0.4 is 5.32 Å².